The van der Waals surface area contributed by atoms with Crippen molar-refractivity contribution in [2.75, 3.05) is 10.5 Å². The van der Waals surface area contributed by atoms with Gasteiger partial charge in [-0.2, -0.15) is 5.10 Å². The van der Waals surface area contributed by atoms with Crippen LogP contribution in [0.15, 0.2) is 18.2 Å². The fourth-order valence-corrected chi connectivity index (χ4v) is 3.32. The van der Waals surface area contributed by atoms with Gasteiger partial charge in [-0.15, -0.1) is 0 Å². The van der Waals surface area contributed by atoms with Gasteiger partial charge in [0.15, 0.2) is 5.82 Å². The Kier molecular flexibility index (Phi) is 3.28. The quantitative estimate of drug-likeness (QED) is 0.625. The molecule has 1 fully saturated rings. The van der Waals surface area contributed by atoms with E-state index in [1.165, 1.54) is 18.2 Å². The van der Waals surface area contributed by atoms with Crippen LogP contribution in [-0.2, 0) is 10.0 Å². The number of aromatic amines is 1. The summed E-state index contributed by atoms with van der Waals surface area (Å²) in [6.07, 6.45) is 2.82. The van der Waals surface area contributed by atoms with E-state index in [1.807, 2.05) is 0 Å². The van der Waals surface area contributed by atoms with E-state index in [0.717, 1.165) is 12.8 Å². The average Bonchev–Trinajstić information content (AvgIpc) is 3.19. The maximum Gasteiger partial charge on any atom is 0.270 e. The fourth-order valence-electron chi connectivity index (χ4n) is 2.12. The van der Waals surface area contributed by atoms with Crippen LogP contribution in [0.25, 0.3) is 10.9 Å². The zero-order chi connectivity index (χ0) is 15.0. The van der Waals surface area contributed by atoms with Gasteiger partial charge in [0, 0.05) is 12.1 Å². The van der Waals surface area contributed by atoms with Crippen LogP contribution in [0.1, 0.15) is 19.3 Å². The number of hydrogen-bond donors (Lipinski definition) is 2. The molecule has 0 bridgehead atoms. The molecular formula is C12H14N4O4S. The molecule has 1 saturated carbocycles. The summed E-state index contributed by atoms with van der Waals surface area (Å²) < 4.78 is 26.4. The van der Waals surface area contributed by atoms with Gasteiger partial charge in [-0.1, -0.05) is 12.8 Å². The smallest absolute Gasteiger partial charge is 0.270 e. The number of H-pyrrole nitrogens is 1. The summed E-state index contributed by atoms with van der Waals surface area (Å²) in [5.74, 6) is 0.657. The summed E-state index contributed by atoms with van der Waals surface area (Å²) >= 11 is 0. The number of nitrogens with zero attached hydrogens (tertiary/aromatic N) is 2. The molecule has 21 heavy (non-hydrogen) atoms. The number of rotatable bonds is 6. The van der Waals surface area contributed by atoms with E-state index in [-0.39, 0.29) is 17.3 Å². The lowest BCUT2D eigenvalue weighted by Gasteiger charge is -2.05. The molecule has 0 saturated heterocycles. The van der Waals surface area contributed by atoms with E-state index in [2.05, 4.69) is 14.9 Å². The maximum atomic E-state index is 12.0. The Bertz CT molecular complexity index is 795. The van der Waals surface area contributed by atoms with Crippen molar-refractivity contribution in [3.63, 3.8) is 0 Å². The molecule has 112 valence electrons. The number of anilines is 1. The van der Waals surface area contributed by atoms with Crippen molar-refractivity contribution in [3.05, 3.63) is 28.3 Å². The number of hydrogen-bond acceptors (Lipinski definition) is 5. The van der Waals surface area contributed by atoms with Crippen LogP contribution in [0.3, 0.4) is 0 Å². The minimum absolute atomic E-state index is 0.0426. The van der Waals surface area contributed by atoms with Crippen LogP contribution in [0.5, 0.6) is 0 Å². The van der Waals surface area contributed by atoms with Gasteiger partial charge in [0.05, 0.1) is 21.6 Å². The molecule has 1 aliphatic carbocycles. The summed E-state index contributed by atoms with van der Waals surface area (Å²) in [6, 6.07) is 4.14. The maximum absolute atomic E-state index is 12.0. The van der Waals surface area contributed by atoms with Crippen molar-refractivity contribution in [2.45, 2.75) is 19.3 Å². The molecule has 0 amide bonds. The van der Waals surface area contributed by atoms with E-state index >= 15 is 0 Å². The predicted molar refractivity (Wildman–Crippen MR) is 77.5 cm³/mol. The standard InChI is InChI=1S/C12H14N4O4S/c17-16(18)9-3-4-11-10(7-9)12(14-13-11)15-21(19,20)6-5-8-1-2-8/h3-4,7-8H,1-2,5-6H2,(H2,13,14,15). The highest BCUT2D eigenvalue weighted by Gasteiger charge is 2.24. The number of nitrogens with one attached hydrogen (secondary N) is 2. The third kappa shape index (κ3) is 3.13. The molecule has 2 N–H and O–H groups in total. The summed E-state index contributed by atoms with van der Waals surface area (Å²) in [4.78, 5) is 10.3. The molecule has 0 aliphatic heterocycles. The van der Waals surface area contributed by atoms with Crippen molar-refractivity contribution in [1.29, 1.82) is 0 Å². The first kappa shape index (κ1) is 13.8. The topological polar surface area (TPSA) is 118 Å². The van der Waals surface area contributed by atoms with E-state index < -0.39 is 14.9 Å². The zero-order valence-electron chi connectivity index (χ0n) is 11.1. The highest BCUT2D eigenvalue weighted by molar-refractivity contribution is 7.92. The minimum Gasteiger partial charge on any atom is -0.276 e. The van der Waals surface area contributed by atoms with Gasteiger partial charge in [0.2, 0.25) is 10.0 Å². The van der Waals surface area contributed by atoms with Crippen molar-refractivity contribution in [2.24, 2.45) is 5.92 Å². The average molecular weight is 310 g/mol. The van der Waals surface area contributed by atoms with E-state index in [9.17, 15) is 18.5 Å². The first-order chi connectivity index (χ1) is 9.94. The Hall–Kier alpha value is -2.16. The summed E-state index contributed by atoms with van der Waals surface area (Å²) in [6.45, 7) is 0. The molecular weight excluding hydrogens is 296 g/mol. The van der Waals surface area contributed by atoms with Crippen LogP contribution < -0.4 is 4.72 Å². The van der Waals surface area contributed by atoms with Crippen LogP contribution in [0.4, 0.5) is 11.5 Å². The van der Waals surface area contributed by atoms with Crippen molar-refractivity contribution in [3.8, 4) is 0 Å². The first-order valence-corrected chi connectivity index (χ1v) is 8.23. The lowest BCUT2D eigenvalue weighted by atomic mass is 10.2. The fraction of sp³-hybridized carbons (Fsp3) is 0.417. The predicted octanol–water partition coefficient (Wildman–Crippen LogP) is 2.01. The molecule has 8 nitrogen and oxygen atoms in total. The largest absolute Gasteiger partial charge is 0.276 e. The molecule has 1 aliphatic rings. The Morgan fingerprint density at radius 2 is 2.19 bits per heavy atom. The molecule has 0 atom stereocenters. The van der Waals surface area contributed by atoms with Crippen molar-refractivity contribution >= 4 is 32.4 Å². The number of fused-ring (bicyclic) bond motifs is 1. The van der Waals surface area contributed by atoms with Crippen LogP contribution in [0, 0.1) is 16.0 Å². The molecule has 1 aromatic heterocycles. The monoisotopic (exact) mass is 310 g/mol. The van der Waals surface area contributed by atoms with E-state index in [4.69, 9.17) is 0 Å². The van der Waals surface area contributed by atoms with Gasteiger partial charge in [-0.25, -0.2) is 8.42 Å². The molecule has 1 aromatic carbocycles. The second kappa shape index (κ2) is 4.99. The number of aromatic nitrogens is 2. The van der Waals surface area contributed by atoms with Gasteiger partial charge in [0.1, 0.15) is 0 Å². The molecule has 2 aromatic rings. The molecule has 0 spiro atoms. The molecule has 1 heterocycles. The number of sulfonamides is 1. The third-order valence-corrected chi connectivity index (χ3v) is 4.78. The lowest BCUT2D eigenvalue weighted by Crippen LogP contribution is -2.17. The normalized spacial score (nSPS) is 15.2. The summed E-state index contributed by atoms with van der Waals surface area (Å²) in [5, 5.41) is 17.7. The van der Waals surface area contributed by atoms with E-state index in [1.54, 1.807) is 0 Å². The van der Waals surface area contributed by atoms with Crippen molar-refractivity contribution < 1.29 is 13.3 Å². The number of benzene rings is 1. The van der Waals surface area contributed by atoms with Gasteiger partial charge < -0.3 is 0 Å². The highest BCUT2D eigenvalue weighted by Crippen LogP contribution is 2.33. The molecule has 3 rings (SSSR count). The van der Waals surface area contributed by atoms with Crippen LogP contribution in [0.2, 0.25) is 0 Å². The second-order valence-corrected chi connectivity index (χ2v) is 7.05. The van der Waals surface area contributed by atoms with Gasteiger partial charge in [-0.3, -0.25) is 19.9 Å². The van der Waals surface area contributed by atoms with Gasteiger partial charge in [-0.05, 0) is 18.4 Å². The zero-order valence-corrected chi connectivity index (χ0v) is 11.9. The highest BCUT2D eigenvalue weighted by atomic mass is 32.2. The van der Waals surface area contributed by atoms with Gasteiger partial charge in [0.25, 0.3) is 5.69 Å². The molecule has 9 heteroatoms. The van der Waals surface area contributed by atoms with Gasteiger partial charge >= 0.3 is 0 Å². The Balaban J connectivity index is 1.85. The Morgan fingerprint density at radius 1 is 1.43 bits per heavy atom. The molecule has 0 unspecified atom stereocenters. The number of nitro benzene ring substituents is 1. The van der Waals surface area contributed by atoms with Crippen LogP contribution in [-0.4, -0.2) is 29.3 Å². The number of nitro groups is 1. The Morgan fingerprint density at radius 3 is 2.86 bits per heavy atom. The van der Waals surface area contributed by atoms with E-state index in [0.29, 0.717) is 23.2 Å². The lowest BCUT2D eigenvalue weighted by molar-refractivity contribution is -0.384. The third-order valence-electron chi connectivity index (χ3n) is 3.50. The second-order valence-electron chi connectivity index (χ2n) is 5.21. The molecule has 0 radical (unpaired) electrons. The van der Waals surface area contributed by atoms with Crippen LogP contribution >= 0.6 is 0 Å². The number of non-ortho nitro benzene ring substituents is 1. The first-order valence-electron chi connectivity index (χ1n) is 6.57. The summed E-state index contributed by atoms with van der Waals surface area (Å²) in [7, 11) is -3.49. The minimum atomic E-state index is -3.49. The van der Waals surface area contributed by atoms with Crippen molar-refractivity contribution in [1.82, 2.24) is 10.2 Å². The SMILES string of the molecule is O=[N+]([O-])c1ccc2[nH]nc(NS(=O)(=O)CCC3CC3)c2c1. The Labute approximate surface area is 120 Å². The summed E-state index contributed by atoms with van der Waals surface area (Å²) in [5.41, 5.74) is 0.433.